The number of aryl methyl sites for hydroxylation is 2. The van der Waals surface area contributed by atoms with E-state index in [-0.39, 0.29) is 5.91 Å². The van der Waals surface area contributed by atoms with Gasteiger partial charge in [0.25, 0.3) is 5.91 Å². The summed E-state index contributed by atoms with van der Waals surface area (Å²) in [5.74, 6) is 0.450. The summed E-state index contributed by atoms with van der Waals surface area (Å²) in [5.41, 5.74) is 12.4. The van der Waals surface area contributed by atoms with E-state index in [0.717, 1.165) is 49.9 Å². The van der Waals surface area contributed by atoms with Crippen LogP contribution >= 0.6 is 12.2 Å². The van der Waals surface area contributed by atoms with E-state index >= 15 is 0 Å². The normalized spacial score (nSPS) is 16.0. The van der Waals surface area contributed by atoms with Gasteiger partial charge in [-0.05, 0) is 91.4 Å². The largest absolute Gasteiger partial charge is 0.358 e. The molecule has 144 valence electrons. The van der Waals surface area contributed by atoms with Crippen LogP contribution in [0.3, 0.4) is 0 Å². The van der Waals surface area contributed by atoms with E-state index in [0.29, 0.717) is 11.5 Å². The summed E-state index contributed by atoms with van der Waals surface area (Å²) >= 11 is 4.87. The number of anilines is 1. The molecule has 1 aliphatic rings. The zero-order valence-corrected chi connectivity index (χ0v) is 16.6. The van der Waals surface area contributed by atoms with Crippen LogP contribution in [0, 0.1) is 5.92 Å². The molecule has 1 aromatic heterocycles. The van der Waals surface area contributed by atoms with E-state index in [4.69, 9.17) is 18.0 Å². The topological polar surface area (TPSA) is 70.9 Å². The average Bonchev–Trinajstić information content (AvgIpc) is 3.09. The van der Waals surface area contributed by atoms with Crippen molar-refractivity contribution in [2.75, 3.05) is 11.9 Å². The van der Waals surface area contributed by atoms with Gasteiger partial charge >= 0.3 is 0 Å². The Balaban J connectivity index is 1.53. The lowest BCUT2D eigenvalue weighted by molar-refractivity contribution is 0.102. The number of carbonyl (C=O) groups excluding carboxylic acids is 1. The van der Waals surface area contributed by atoms with Gasteiger partial charge in [-0.25, -0.2) is 0 Å². The Morgan fingerprint density at radius 1 is 1.25 bits per heavy atom. The highest BCUT2D eigenvalue weighted by atomic mass is 32.1. The maximum Gasteiger partial charge on any atom is 0.255 e. The van der Waals surface area contributed by atoms with Crippen LogP contribution in [-0.2, 0) is 19.3 Å². The van der Waals surface area contributed by atoms with Crippen LogP contribution in [0.4, 0.5) is 5.69 Å². The molecule has 3 aromatic rings. The van der Waals surface area contributed by atoms with Crippen molar-refractivity contribution in [1.82, 2.24) is 4.98 Å². The molecule has 28 heavy (non-hydrogen) atoms. The summed E-state index contributed by atoms with van der Waals surface area (Å²) in [5, 5.41) is 5.97. The van der Waals surface area contributed by atoms with Crippen LogP contribution in [0.5, 0.6) is 0 Å². The van der Waals surface area contributed by atoms with Gasteiger partial charge in [-0.1, -0.05) is 24.4 Å². The first-order valence-electron chi connectivity index (χ1n) is 9.85. The molecule has 4 N–H and O–H groups in total. The molecule has 1 amide bonds. The molecular weight excluding hydrogens is 366 g/mol. The number of thiocarbonyl (C=S) groups is 1. The molecule has 0 aliphatic heterocycles. The van der Waals surface area contributed by atoms with Gasteiger partial charge in [0.2, 0.25) is 0 Å². The summed E-state index contributed by atoms with van der Waals surface area (Å²) in [6.45, 7) is 0.725. The number of hydrogen-bond acceptors (Lipinski definition) is 3. The third-order valence-corrected chi connectivity index (χ3v) is 5.88. The van der Waals surface area contributed by atoms with E-state index in [2.05, 4.69) is 22.4 Å². The molecule has 0 saturated carbocycles. The van der Waals surface area contributed by atoms with Gasteiger partial charge in [0.15, 0.2) is 0 Å². The number of carbonyl (C=O) groups is 1. The maximum absolute atomic E-state index is 12.6. The molecule has 0 radical (unpaired) electrons. The van der Waals surface area contributed by atoms with Crippen molar-refractivity contribution >= 4 is 40.1 Å². The molecule has 5 heteroatoms. The van der Waals surface area contributed by atoms with E-state index in [1.165, 1.54) is 22.2 Å². The first-order valence-corrected chi connectivity index (χ1v) is 10.3. The van der Waals surface area contributed by atoms with Crippen molar-refractivity contribution in [3.63, 3.8) is 0 Å². The fraction of sp³-hybridized carbons (Fsp3) is 0.304. The predicted octanol–water partition coefficient (Wildman–Crippen LogP) is 4.42. The smallest absolute Gasteiger partial charge is 0.255 e. The Labute approximate surface area is 170 Å². The first kappa shape index (κ1) is 18.8. The lowest BCUT2D eigenvalue weighted by Crippen LogP contribution is -2.21. The molecular formula is C23H25N3OS. The fourth-order valence-corrected chi connectivity index (χ4v) is 4.14. The number of fused-ring (bicyclic) bond motifs is 3. The van der Waals surface area contributed by atoms with Crippen molar-refractivity contribution in [2.24, 2.45) is 11.7 Å². The summed E-state index contributed by atoms with van der Waals surface area (Å²) in [6, 6.07) is 13.8. The van der Waals surface area contributed by atoms with E-state index in [9.17, 15) is 4.79 Å². The summed E-state index contributed by atoms with van der Waals surface area (Å²) in [7, 11) is 0. The van der Waals surface area contributed by atoms with E-state index in [1.807, 2.05) is 30.3 Å². The molecule has 0 fully saturated rings. The van der Waals surface area contributed by atoms with Gasteiger partial charge in [-0.15, -0.1) is 0 Å². The molecule has 4 nitrogen and oxygen atoms in total. The number of aromatic amines is 1. The van der Waals surface area contributed by atoms with Crippen molar-refractivity contribution < 1.29 is 4.79 Å². The molecule has 2 aromatic carbocycles. The van der Waals surface area contributed by atoms with Crippen LogP contribution in [0.15, 0.2) is 42.5 Å². The first-order chi connectivity index (χ1) is 13.7. The second-order valence-electron chi connectivity index (χ2n) is 7.54. The van der Waals surface area contributed by atoms with Crippen molar-refractivity contribution in [3.8, 4) is 0 Å². The molecule has 1 unspecified atom stereocenters. The number of H-pyrrole nitrogens is 1. The zero-order valence-electron chi connectivity index (χ0n) is 15.8. The van der Waals surface area contributed by atoms with Crippen molar-refractivity contribution in [2.45, 2.75) is 32.1 Å². The van der Waals surface area contributed by atoms with E-state index < -0.39 is 0 Å². The standard InChI is InChI=1S/C23H25N3OS/c24-14-16-5-9-21-19(12-16)20-13-18(8-10-22(20)26-21)25-23(27)17-6-3-15(4-7-17)2-1-11-28/h3-4,6-8,10-11,13,16,26H,1-2,5,9,12,14,24H2,(H,25,27). The Kier molecular flexibility index (Phi) is 5.55. The van der Waals surface area contributed by atoms with Crippen LogP contribution in [0.1, 0.15) is 40.0 Å². The van der Waals surface area contributed by atoms with Gasteiger partial charge in [-0.2, -0.15) is 0 Å². The minimum atomic E-state index is -0.0926. The summed E-state index contributed by atoms with van der Waals surface area (Å²) in [6.07, 6.45) is 4.97. The second kappa shape index (κ2) is 8.25. The van der Waals surface area contributed by atoms with Gasteiger partial charge in [0.1, 0.15) is 0 Å². The molecule has 4 rings (SSSR count). The Morgan fingerprint density at radius 2 is 2.07 bits per heavy atom. The number of hydrogen-bond donors (Lipinski definition) is 3. The number of amides is 1. The lowest BCUT2D eigenvalue weighted by atomic mass is 9.86. The van der Waals surface area contributed by atoms with Crippen molar-refractivity contribution in [3.05, 3.63) is 64.8 Å². The quantitative estimate of drug-likeness (QED) is 0.545. The molecule has 1 atom stereocenters. The number of benzene rings is 2. The number of aromatic nitrogens is 1. The van der Waals surface area contributed by atoms with Gasteiger partial charge in [0.05, 0.1) is 0 Å². The number of nitrogens with two attached hydrogens (primary N) is 1. The minimum Gasteiger partial charge on any atom is -0.358 e. The molecule has 0 saturated heterocycles. The highest BCUT2D eigenvalue weighted by Gasteiger charge is 2.21. The van der Waals surface area contributed by atoms with Crippen LogP contribution in [0.25, 0.3) is 10.9 Å². The zero-order chi connectivity index (χ0) is 19.5. The monoisotopic (exact) mass is 391 g/mol. The summed E-state index contributed by atoms with van der Waals surface area (Å²) in [4.78, 5) is 16.2. The maximum atomic E-state index is 12.6. The average molecular weight is 392 g/mol. The Morgan fingerprint density at radius 3 is 2.82 bits per heavy atom. The molecule has 1 aliphatic carbocycles. The van der Waals surface area contributed by atoms with Crippen LogP contribution < -0.4 is 11.1 Å². The number of rotatable bonds is 6. The Bertz CT molecular complexity index is 1010. The number of nitrogens with one attached hydrogen (secondary N) is 2. The van der Waals surface area contributed by atoms with Crippen molar-refractivity contribution in [1.29, 1.82) is 0 Å². The fourth-order valence-electron chi connectivity index (χ4n) is 4.02. The van der Waals surface area contributed by atoms with Gasteiger partial charge in [0, 0.05) is 27.8 Å². The van der Waals surface area contributed by atoms with Gasteiger partial charge in [-0.3, -0.25) is 4.79 Å². The second-order valence-corrected chi connectivity index (χ2v) is 7.88. The van der Waals surface area contributed by atoms with Crippen LogP contribution in [-0.4, -0.2) is 22.8 Å². The molecule has 0 bridgehead atoms. The third-order valence-electron chi connectivity index (χ3n) is 5.65. The molecule has 0 spiro atoms. The van der Waals surface area contributed by atoms with E-state index in [1.54, 1.807) is 5.37 Å². The SMILES string of the molecule is NCC1CCc2[nH]c3ccc(NC(=O)c4ccc(CCC=S)cc4)cc3c2C1. The van der Waals surface area contributed by atoms with Gasteiger partial charge < -0.3 is 16.0 Å². The summed E-state index contributed by atoms with van der Waals surface area (Å²) < 4.78 is 0. The lowest BCUT2D eigenvalue weighted by Gasteiger charge is -2.20. The highest BCUT2D eigenvalue weighted by Crippen LogP contribution is 2.33. The molecule has 1 heterocycles. The Hall–Kier alpha value is -2.50. The minimum absolute atomic E-state index is 0.0926. The third kappa shape index (κ3) is 3.86. The van der Waals surface area contributed by atoms with Crippen LogP contribution in [0.2, 0.25) is 0 Å². The predicted molar refractivity (Wildman–Crippen MR) is 119 cm³/mol. The highest BCUT2D eigenvalue weighted by molar-refractivity contribution is 7.78.